The van der Waals surface area contributed by atoms with E-state index in [1.54, 1.807) is 18.2 Å². The van der Waals surface area contributed by atoms with Gasteiger partial charge in [0.05, 0.1) is 12.0 Å². The molecule has 0 aliphatic heterocycles. The van der Waals surface area contributed by atoms with Gasteiger partial charge in [-0.3, -0.25) is 4.79 Å². The fraction of sp³-hybridized carbons (Fsp3) is 0.0526. The Morgan fingerprint density at radius 1 is 1.12 bits per heavy atom. The molecule has 3 aromatic carbocycles. The number of hydrogen-bond acceptors (Lipinski definition) is 4. The van der Waals surface area contributed by atoms with E-state index in [2.05, 4.69) is 10.5 Å². The maximum Gasteiger partial charge on any atom is 0.250 e. The number of aromatic hydroxyl groups is 1. The zero-order valence-corrected chi connectivity index (χ0v) is 14.7. The SMILES string of the molecule is O=C(CSc1ccc(Cl)cc1)N/N=C\c1c(O)ccc2ccccc12. The Labute approximate surface area is 154 Å². The number of thioether (sulfide) groups is 1. The molecule has 2 N–H and O–H groups in total. The van der Waals surface area contributed by atoms with Gasteiger partial charge in [0, 0.05) is 15.5 Å². The first-order chi connectivity index (χ1) is 12.1. The van der Waals surface area contributed by atoms with Gasteiger partial charge in [0.25, 0.3) is 0 Å². The smallest absolute Gasteiger partial charge is 0.250 e. The van der Waals surface area contributed by atoms with Gasteiger partial charge in [-0.15, -0.1) is 11.8 Å². The summed E-state index contributed by atoms with van der Waals surface area (Å²) in [5.74, 6) is 0.128. The minimum Gasteiger partial charge on any atom is -0.507 e. The van der Waals surface area contributed by atoms with Gasteiger partial charge in [-0.05, 0) is 41.1 Å². The molecule has 126 valence electrons. The molecule has 0 bridgehead atoms. The number of carbonyl (C=O) groups excluding carboxylic acids is 1. The first-order valence-electron chi connectivity index (χ1n) is 7.54. The second kappa shape index (κ2) is 8.05. The van der Waals surface area contributed by atoms with Crippen LogP contribution in [0.4, 0.5) is 0 Å². The quantitative estimate of drug-likeness (QED) is 0.396. The van der Waals surface area contributed by atoms with Crippen LogP contribution in [0.25, 0.3) is 10.8 Å². The molecule has 0 saturated heterocycles. The van der Waals surface area contributed by atoms with Gasteiger partial charge in [-0.1, -0.05) is 41.9 Å². The maximum atomic E-state index is 11.9. The second-order valence-corrected chi connectivity index (χ2v) is 6.74. The predicted molar refractivity (Wildman–Crippen MR) is 104 cm³/mol. The normalized spacial score (nSPS) is 11.1. The molecule has 3 rings (SSSR count). The van der Waals surface area contributed by atoms with Crippen LogP contribution in [-0.4, -0.2) is 23.0 Å². The van der Waals surface area contributed by atoms with Crippen molar-refractivity contribution in [3.05, 3.63) is 71.2 Å². The fourth-order valence-corrected chi connectivity index (χ4v) is 3.12. The summed E-state index contributed by atoms with van der Waals surface area (Å²) in [7, 11) is 0. The van der Waals surface area contributed by atoms with Crippen LogP contribution in [0.3, 0.4) is 0 Å². The van der Waals surface area contributed by atoms with Crippen molar-refractivity contribution >= 4 is 46.3 Å². The van der Waals surface area contributed by atoms with Crippen molar-refractivity contribution in [1.82, 2.24) is 5.43 Å². The Bertz CT molecular complexity index is 926. The molecule has 0 saturated carbocycles. The highest BCUT2D eigenvalue weighted by molar-refractivity contribution is 8.00. The number of nitrogens with zero attached hydrogens (tertiary/aromatic N) is 1. The van der Waals surface area contributed by atoms with Crippen LogP contribution in [0.15, 0.2) is 70.7 Å². The summed E-state index contributed by atoms with van der Waals surface area (Å²) in [6.45, 7) is 0. The third-order valence-electron chi connectivity index (χ3n) is 3.51. The predicted octanol–water partition coefficient (Wildman–Crippen LogP) is 4.44. The minimum absolute atomic E-state index is 0.118. The van der Waals surface area contributed by atoms with Gasteiger partial charge in [-0.2, -0.15) is 5.10 Å². The highest BCUT2D eigenvalue weighted by atomic mass is 35.5. The van der Waals surface area contributed by atoms with E-state index in [-0.39, 0.29) is 17.4 Å². The summed E-state index contributed by atoms with van der Waals surface area (Å²) in [5.41, 5.74) is 3.05. The second-order valence-electron chi connectivity index (χ2n) is 5.26. The molecule has 0 atom stereocenters. The number of phenols is 1. The molecule has 0 unspecified atom stereocenters. The van der Waals surface area contributed by atoms with Gasteiger partial charge in [-0.25, -0.2) is 5.43 Å². The van der Waals surface area contributed by atoms with Gasteiger partial charge in [0.2, 0.25) is 5.91 Å². The zero-order chi connectivity index (χ0) is 17.6. The summed E-state index contributed by atoms with van der Waals surface area (Å²) in [6, 6.07) is 18.4. The third kappa shape index (κ3) is 4.53. The number of fused-ring (bicyclic) bond motifs is 1. The summed E-state index contributed by atoms with van der Waals surface area (Å²) in [6.07, 6.45) is 1.46. The number of nitrogens with one attached hydrogen (secondary N) is 1. The summed E-state index contributed by atoms with van der Waals surface area (Å²) in [4.78, 5) is 12.8. The van der Waals surface area contributed by atoms with E-state index in [0.717, 1.165) is 15.7 Å². The van der Waals surface area contributed by atoms with Crippen molar-refractivity contribution in [3.63, 3.8) is 0 Å². The molecule has 1 amide bonds. The molecule has 25 heavy (non-hydrogen) atoms. The van der Waals surface area contributed by atoms with Crippen molar-refractivity contribution in [2.45, 2.75) is 4.90 Å². The highest BCUT2D eigenvalue weighted by Gasteiger charge is 2.05. The van der Waals surface area contributed by atoms with Crippen LogP contribution in [0.1, 0.15) is 5.56 Å². The number of benzene rings is 3. The fourth-order valence-electron chi connectivity index (χ4n) is 2.30. The molecular weight excluding hydrogens is 356 g/mol. The summed E-state index contributed by atoms with van der Waals surface area (Å²) >= 11 is 7.22. The van der Waals surface area contributed by atoms with E-state index in [4.69, 9.17) is 11.6 Å². The van der Waals surface area contributed by atoms with E-state index in [1.807, 2.05) is 42.5 Å². The van der Waals surface area contributed by atoms with Crippen LogP contribution >= 0.6 is 23.4 Å². The van der Waals surface area contributed by atoms with Gasteiger partial charge >= 0.3 is 0 Å². The monoisotopic (exact) mass is 370 g/mol. The number of hydrogen-bond donors (Lipinski definition) is 2. The van der Waals surface area contributed by atoms with Crippen LogP contribution in [0.2, 0.25) is 5.02 Å². The standard InChI is InChI=1S/C19H15ClN2O2S/c20-14-6-8-15(9-7-14)25-12-19(24)22-21-11-17-16-4-2-1-3-13(16)5-10-18(17)23/h1-11,23H,12H2,(H,22,24)/b21-11-. The summed E-state index contributed by atoms with van der Waals surface area (Å²) < 4.78 is 0. The van der Waals surface area contributed by atoms with Crippen molar-refractivity contribution in [2.24, 2.45) is 5.10 Å². The molecule has 3 aromatic rings. The first kappa shape index (κ1) is 17.3. The number of amides is 1. The van der Waals surface area contributed by atoms with Gasteiger partial charge in [0.1, 0.15) is 5.75 Å². The number of hydrazone groups is 1. The lowest BCUT2D eigenvalue weighted by molar-refractivity contribution is -0.118. The van der Waals surface area contributed by atoms with E-state index in [9.17, 15) is 9.90 Å². The van der Waals surface area contributed by atoms with Gasteiger partial charge < -0.3 is 5.11 Å². The molecule has 0 heterocycles. The molecule has 0 aliphatic carbocycles. The van der Waals surface area contributed by atoms with Crippen molar-refractivity contribution < 1.29 is 9.90 Å². The topological polar surface area (TPSA) is 61.7 Å². The lowest BCUT2D eigenvalue weighted by Crippen LogP contribution is -2.19. The molecule has 4 nitrogen and oxygen atoms in total. The van der Waals surface area contributed by atoms with Crippen LogP contribution < -0.4 is 5.43 Å². The zero-order valence-electron chi connectivity index (χ0n) is 13.1. The Kier molecular flexibility index (Phi) is 5.58. The number of carbonyl (C=O) groups is 1. The summed E-state index contributed by atoms with van der Waals surface area (Å²) in [5, 5.41) is 16.5. The molecule has 0 radical (unpaired) electrons. The minimum atomic E-state index is -0.226. The van der Waals surface area contributed by atoms with Crippen LogP contribution in [0.5, 0.6) is 5.75 Å². The molecule has 0 aromatic heterocycles. The molecule has 6 heteroatoms. The van der Waals surface area contributed by atoms with E-state index >= 15 is 0 Å². The third-order valence-corrected chi connectivity index (χ3v) is 4.78. The Balaban J connectivity index is 1.62. The lowest BCUT2D eigenvalue weighted by atomic mass is 10.0. The Morgan fingerprint density at radius 3 is 2.68 bits per heavy atom. The average Bonchev–Trinajstić information content (AvgIpc) is 2.63. The average molecular weight is 371 g/mol. The largest absolute Gasteiger partial charge is 0.507 e. The highest BCUT2D eigenvalue weighted by Crippen LogP contribution is 2.25. The number of halogens is 1. The number of rotatable bonds is 5. The first-order valence-corrected chi connectivity index (χ1v) is 8.91. The van der Waals surface area contributed by atoms with Crippen LogP contribution in [-0.2, 0) is 4.79 Å². The van der Waals surface area contributed by atoms with E-state index in [0.29, 0.717) is 10.6 Å². The maximum absolute atomic E-state index is 11.9. The van der Waals surface area contributed by atoms with Gasteiger partial charge in [0.15, 0.2) is 0 Å². The molecule has 0 spiro atoms. The van der Waals surface area contributed by atoms with Crippen molar-refractivity contribution in [3.8, 4) is 5.75 Å². The van der Waals surface area contributed by atoms with E-state index in [1.165, 1.54) is 18.0 Å². The Morgan fingerprint density at radius 2 is 1.88 bits per heavy atom. The van der Waals surface area contributed by atoms with Crippen molar-refractivity contribution in [2.75, 3.05) is 5.75 Å². The Hall–Kier alpha value is -2.50. The van der Waals surface area contributed by atoms with Crippen molar-refractivity contribution in [1.29, 1.82) is 0 Å². The van der Waals surface area contributed by atoms with Crippen LogP contribution in [0, 0.1) is 0 Å². The molecule has 0 aliphatic rings. The molecular formula is C19H15ClN2O2S. The number of phenolic OH excluding ortho intramolecular Hbond substituents is 1. The van der Waals surface area contributed by atoms with E-state index < -0.39 is 0 Å². The molecule has 0 fully saturated rings. The lowest BCUT2D eigenvalue weighted by Gasteiger charge is -2.05.